The van der Waals surface area contributed by atoms with E-state index in [1.54, 1.807) is 45.0 Å². The number of nitrogens with one attached hydrogen (secondary N) is 1. The number of carbonyl (C=O) groups excluding carboxylic acids is 2. The van der Waals surface area contributed by atoms with Crippen LogP contribution in [0.2, 0.25) is 0 Å². The quantitative estimate of drug-likeness (QED) is 0.492. The molecule has 1 atom stereocenters. The second-order valence-corrected chi connectivity index (χ2v) is 5.66. The number of carbonyl (C=O) groups is 2. The largest absolute Gasteiger partial charge is 0.444 e. The summed E-state index contributed by atoms with van der Waals surface area (Å²) < 4.78 is 5.09. The number of benzene rings is 1. The van der Waals surface area contributed by atoms with Gasteiger partial charge in [-0.3, -0.25) is 4.79 Å². The van der Waals surface area contributed by atoms with Crippen molar-refractivity contribution in [3.05, 3.63) is 40.3 Å². The lowest BCUT2D eigenvalue weighted by Gasteiger charge is -2.22. The molecular weight excluding hydrogens is 286 g/mol. The molecule has 0 saturated carbocycles. The van der Waals surface area contributed by atoms with Gasteiger partial charge in [-0.15, -0.1) is 0 Å². The number of rotatable bonds is 5. The van der Waals surface area contributed by atoms with E-state index in [2.05, 4.69) is 15.3 Å². The molecule has 0 aromatic heterocycles. The molecule has 2 amide bonds. The van der Waals surface area contributed by atoms with Crippen LogP contribution in [0.5, 0.6) is 0 Å². The van der Waals surface area contributed by atoms with E-state index in [9.17, 15) is 9.59 Å². The fraction of sp³-hybridized carbons (Fsp3) is 0.429. The zero-order valence-electron chi connectivity index (χ0n) is 12.7. The van der Waals surface area contributed by atoms with Crippen molar-refractivity contribution in [3.8, 4) is 0 Å². The van der Waals surface area contributed by atoms with Gasteiger partial charge in [0.05, 0.1) is 0 Å². The third-order valence-corrected chi connectivity index (χ3v) is 2.57. The van der Waals surface area contributed by atoms with Gasteiger partial charge in [-0.1, -0.05) is 29.4 Å². The van der Waals surface area contributed by atoms with Crippen LogP contribution in [0.25, 0.3) is 10.4 Å². The van der Waals surface area contributed by atoms with E-state index in [1.807, 2.05) is 0 Å². The van der Waals surface area contributed by atoms with Gasteiger partial charge in [0.2, 0.25) is 5.91 Å². The van der Waals surface area contributed by atoms with Crippen LogP contribution in [0.3, 0.4) is 0 Å². The summed E-state index contributed by atoms with van der Waals surface area (Å²) in [7, 11) is 0. The Hall–Kier alpha value is -2.73. The van der Waals surface area contributed by atoms with Crippen molar-refractivity contribution < 1.29 is 14.3 Å². The van der Waals surface area contributed by atoms with Crippen molar-refractivity contribution in [1.29, 1.82) is 0 Å². The lowest BCUT2D eigenvalue weighted by Crippen LogP contribution is -2.47. The molecular formula is C14H19N5O3. The number of hydrogen-bond donors (Lipinski definition) is 2. The molecule has 0 radical (unpaired) electrons. The maximum absolute atomic E-state index is 11.7. The van der Waals surface area contributed by atoms with E-state index in [0.717, 1.165) is 5.56 Å². The maximum atomic E-state index is 11.7. The molecule has 0 spiro atoms. The molecule has 0 unspecified atom stereocenters. The monoisotopic (exact) mass is 305 g/mol. The third kappa shape index (κ3) is 6.15. The highest BCUT2D eigenvalue weighted by Gasteiger charge is 2.22. The molecule has 22 heavy (non-hydrogen) atoms. The van der Waals surface area contributed by atoms with Crippen LogP contribution in [0.15, 0.2) is 29.4 Å². The van der Waals surface area contributed by atoms with Gasteiger partial charge in [0, 0.05) is 17.0 Å². The summed E-state index contributed by atoms with van der Waals surface area (Å²) in [6.45, 7) is 5.17. The van der Waals surface area contributed by atoms with Crippen molar-refractivity contribution in [2.24, 2.45) is 10.8 Å². The predicted molar refractivity (Wildman–Crippen MR) is 81.3 cm³/mol. The van der Waals surface area contributed by atoms with Crippen molar-refractivity contribution in [2.45, 2.75) is 38.8 Å². The van der Waals surface area contributed by atoms with Crippen molar-refractivity contribution in [1.82, 2.24) is 5.32 Å². The molecule has 0 aliphatic carbocycles. The number of nitrogens with two attached hydrogens (primary N) is 1. The Balaban J connectivity index is 2.74. The van der Waals surface area contributed by atoms with Gasteiger partial charge in [0.15, 0.2) is 0 Å². The van der Waals surface area contributed by atoms with Crippen LogP contribution in [0.1, 0.15) is 26.3 Å². The molecule has 0 heterocycles. The lowest BCUT2D eigenvalue weighted by molar-refractivity contribution is -0.120. The van der Waals surface area contributed by atoms with E-state index in [4.69, 9.17) is 16.0 Å². The Morgan fingerprint density at radius 2 is 1.95 bits per heavy atom. The van der Waals surface area contributed by atoms with Crippen LogP contribution in [-0.2, 0) is 16.0 Å². The minimum Gasteiger partial charge on any atom is -0.444 e. The number of azide groups is 1. The van der Waals surface area contributed by atoms with Gasteiger partial charge in [-0.05, 0) is 31.9 Å². The van der Waals surface area contributed by atoms with Crippen LogP contribution in [-0.4, -0.2) is 23.6 Å². The molecule has 8 heteroatoms. The van der Waals surface area contributed by atoms with Crippen molar-refractivity contribution in [3.63, 3.8) is 0 Å². The highest BCUT2D eigenvalue weighted by Crippen LogP contribution is 2.14. The molecule has 0 saturated heterocycles. The number of hydrogen-bond acceptors (Lipinski definition) is 4. The first-order valence-electron chi connectivity index (χ1n) is 6.64. The molecule has 0 fully saturated rings. The summed E-state index contributed by atoms with van der Waals surface area (Å²) in [6.07, 6.45) is -0.493. The maximum Gasteiger partial charge on any atom is 0.408 e. The Labute approximate surface area is 128 Å². The van der Waals surface area contributed by atoms with Gasteiger partial charge in [-0.2, -0.15) is 0 Å². The minimum atomic E-state index is -0.889. The Morgan fingerprint density at radius 3 is 2.41 bits per heavy atom. The van der Waals surface area contributed by atoms with E-state index in [1.165, 1.54) is 0 Å². The molecule has 8 nitrogen and oxygen atoms in total. The van der Waals surface area contributed by atoms with Crippen LogP contribution < -0.4 is 11.1 Å². The number of alkyl carbamates (subject to hydrolysis) is 1. The standard InChI is InChI=1S/C14H19N5O3/c1-14(2,3)22-13(21)17-11(12(15)20)8-9-4-6-10(7-5-9)18-19-16/h4-7,11H,8H2,1-3H3,(H2,15,20)(H,17,21)/t11-/m0/s1. The zero-order chi connectivity index (χ0) is 16.8. The first kappa shape index (κ1) is 17.3. The first-order chi connectivity index (χ1) is 10.2. The SMILES string of the molecule is CC(C)(C)OC(=O)N[C@@H](Cc1ccc(N=[N+]=[N-])cc1)C(N)=O. The summed E-state index contributed by atoms with van der Waals surface area (Å²) in [5, 5.41) is 5.89. The minimum absolute atomic E-state index is 0.213. The van der Waals surface area contributed by atoms with Gasteiger partial charge in [0.1, 0.15) is 11.6 Å². The summed E-state index contributed by atoms with van der Waals surface area (Å²) >= 11 is 0. The second kappa shape index (κ2) is 7.33. The average Bonchev–Trinajstić information content (AvgIpc) is 2.38. The van der Waals surface area contributed by atoms with Gasteiger partial charge >= 0.3 is 6.09 Å². The topological polar surface area (TPSA) is 130 Å². The molecule has 0 aliphatic rings. The van der Waals surface area contributed by atoms with Crippen molar-refractivity contribution in [2.75, 3.05) is 0 Å². The summed E-state index contributed by atoms with van der Waals surface area (Å²) in [5.41, 5.74) is 14.2. The Kier molecular flexibility index (Phi) is 5.77. The van der Waals surface area contributed by atoms with Gasteiger partial charge in [0.25, 0.3) is 0 Å². The fourth-order valence-corrected chi connectivity index (χ4v) is 1.66. The van der Waals surface area contributed by atoms with E-state index >= 15 is 0 Å². The molecule has 1 rings (SSSR count). The van der Waals surface area contributed by atoms with E-state index in [-0.39, 0.29) is 6.42 Å². The molecule has 0 aliphatic heterocycles. The van der Waals surface area contributed by atoms with Gasteiger partial charge in [-0.25, -0.2) is 4.79 Å². The Bertz CT molecular complexity index is 585. The van der Waals surface area contributed by atoms with Crippen LogP contribution in [0.4, 0.5) is 10.5 Å². The molecule has 1 aromatic carbocycles. The lowest BCUT2D eigenvalue weighted by atomic mass is 10.1. The smallest absolute Gasteiger partial charge is 0.408 e. The Morgan fingerprint density at radius 1 is 1.36 bits per heavy atom. The van der Waals surface area contributed by atoms with E-state index < -0.39 is 23.6 Å². The van der Waals surface area contributed by atoms with Gasteiger partial charge < -0.3 is 15.8 Å². The molecule has 118 valence electrons. The summed E-state index contributed by atoms with van der Waals surface area (Å²) in [6, 6.07) is 5.72. The molecule has 1 aromatic rings. The second-order valence-electron chi connectivity index (χ2n) is 5.66. The number of amides is 2. The van der Waals surface area contributed by atoms with Crippen LogP contribution >= 0.6 is 0 Å². The normalized spacial score (nSPS) is 12.0. The third-order valence-electron chi connectivity index (χ3n) is 2.57. The van der Waals surface area contributed by atoms with E-state index in [0.29, 0.717) is 5.69 Å². The first-order valence-corrected chi connectivity index (χ1v) is 6.64. The molecule has 0 bridgehead atoms. The number of primary amides is 1. The fourth-order valence-electron chi connectivity index (χ4n) is 1.66. The number of ether oxygens (including phenoxy) is 1. The van der Waals surface area contributed by atoms with Crippen molar-refractivity contribution >= 4 is 17.7 Å². The highest BCUT2D eigenvalue weighted by atomic mass is 16.6. The highest BCUT2D eigenvalue weighted by molar-refractivity contribution is 5.84. The predicted octanol–water partition coefficient (Wildman–Crippen LogP) is 2.55. The summed E-state index contributed by atoms with van der Waals surface area (Å²) in [5.74, 6) is -0.662. The number of nitrogens with zero attached hydrogens (tertiary/aromatic N) is 3. The molecule has 3 N–H and O–H groups in total. The van der Waals surface area contributed by atoms with Crippen LogP contribution in [0, 0.1) is 0 Å². The summed E-state index contributed by atoms with van der Waals surface area (Å²) in [4.78, 5) is 25.8. The zero-order valence-corrected chi connectivity index (χ0v) is 12.7. The average molecular weight is 305 g/mol.